The van der Waals surface area contributed by atoms with Crippen LogP contribution in [0.5, 0.6) is 0 Å². The van der Waals surface area contributed by atoms with E-state index in [-0.39, 0.29) is 6.54 Å². The fraction of sp³-hybridized carbons (Fsp3) is 0.150. The summed E-state index contributed by atoms with van der Waals surface area (Å²) in [7, 11) is 0. The molecule has 4 rings (SSSR count). The molecule has 1 aromatic heterocycles. The molecule has 3 aromatic rings. The first-order valence-corrected chi connectivity index (χ1v) is 10.7. The molecule has 0 unspecified atom stereocenters. The Morgan fingerprint density at radius 2 is 1.79 bits per heavy atom. The molecule has 6 nitrogen and oxygen atoms in total. The summed E-state index contributed by atoms with van der Waals surface area (Å²) >= 11 is 13.8. The molecule has 0 spiro atoms. The van der Waals surface area contributed by atoms with Gasteiger partial charge in [0.15, 0.2) is 0 Å². The third kappa shape index (κ3) is 4.27. The number of carbonyl (C=O) groups excluding carboxylic acids is 2. The van der Waals surface area contributed by atoms with Gasteiger partial charge < -0.3 is 10.6 Å². The van der Waals surface area contributed by atoms with E-state index in [1.165, 1.54) is 0 Å². The van der Waals surface area contributed by atoms with E-state index in [9.17, 15) is 9.59 Å². The molecule has 0 aliphatic carbocycles. The molecule has 2 aromatic carbocycles. The number of hydrogen-bond acceptors (Lipinski definition) is 4. The van der Waals surface area contributed by atoms with E-state index in [0.29, 0.717) is 15.9 Å². The highest BCUT2D eigenvalue weighted by atomic mass is 35.5. The summed E-state index contributed by atoms with van der Waals surface area (Å²) in [6, 6.07) is 14.3. The lowest BCUT2D eigenvalue weighted by Gasteiger charge is -2.11. The minimum atomic E-state index is -0.758. The first kappa shape index (κ1) is 19.8. The van der Waals surface area contributed by atoms with Crippen molar-refractivity contribution in [1.29, 1.82) is 0 Å². The number of thioether (sulfide) groups is 1. The van der Waals surface area contributed by atoms with E-state index < -0.39 is 11.8 Å². The summed E-state index contributed by atoms with van der Waals surface area (Å²) < 4.78 is 1.64. The summed E-state index contributed by atoms with van der Waals surface area (Å²) in [5, 5.41) is 11.1. The topological polar surface area (TPSA) is 76.0 Å². The molecule has 0 atom stereocenters. The second-order valence-corrected chi connectivity index (χ2v) is 8.21. The molecule has 9 heteroatoms. The smallest absolute Gasteiger partial charge is 0.314 e. The van der Waals surface area contributed by atoms with Crippen LogP contribution in [0.15, 0.2) is 48.5 Å². The van der Waals surface area contributed by atoms with Crippen LogP contribution in [0.2, 0.25) is 10.0 Å². The predicted molar refractivity (Wildman–Crippen MR) is 116 cm³/mol. The SMILES string of the molecule is O=C(NCc1ccccc1Cl)C(=O)Nc1c2c(nn1-c1ccc(Cl)cc1)CSC2. The van der Waals surface area contributed by atoms with Crippen LogP contribution in [0.4, 0.5) is 5.82 Å². The van der Waals surface area contributed by atoms with Gasteiger partial charge in [0.25, 0.3) is 0 Å². The van der Waals surface area contributed by atoms with Gasteiger partial charge in [-0.1, -0.05) is 41.4 Å². The maximum Gasteiger partial charge on any atom is 0.314 e. The Morgan fingerprint density at radius 3 is 2.55 bits per heavy atom. The van der Waals surface area contributed by atoms with Gasteiger partial charge in [-0.3, -0.25) is 9.59 Å². The second kappa shape index (κ2) is 8.49. The summed E-state index contributed by atoms with van der Waals surface area (Å²) in [6.45, 7) is 0.163. The molecule has 0 bridgehead atoms. The first-order chi connectivity index (χ1) is 14.0. The van der Waals surface area contributed by atoms with E-state index in [1.54, 1.807) is 46.8 Å². The summed E-state index contributed by atoms with van der Waals surface area (Å²) in [5.41, 5.74) is 3.31. The van der Waals surface area contributed by atoms with Crippen molar-refractivity contribution in [3.8, 4) is 5.69 Å². The average molecular weight is 447 g/mol. The first-order valence-electron chi connectivity index (χ1n) is 8.80. The molecular formula is C20H16Cl2N4O2S. The lowest BCUT2D eigenvalue weighted by atomic mass is 10.2. The van der Waals surface area contributed by atoms with Crippen LogP contribution in [0.25, 0.3) is 5.69 Å². The normalized spacial score (nSPS) is 12.5. The van der Waals surface area contributed by atoms with Crippen molar-refractivity contribution in [2.75, 3.05) is 5.32 Å². The highest BCUT2D eigenvalue weighted by molar-refractivity contribution is 7.98. The summed E-state index contributed by atoms with van der Waals surface area (Å²) in [5.74, 6) is 0.488. The highest BCUT2D eigenvalue weighted by Crippen LogP contribution is 2.36. The Hall–Kier alpha value is -2.48. The van der Waals surface area contributed by atoms with Crippen LogP contribution in [0, 0.1) is 0 Å². The number of amides is 2. The van der Waals surface area contributed by atoms with E-state index in [2.05, 4.69) is 15.7 Å². The van der Waals surface area contributed by atoms with Crippen LogP contribution in [0.1, 0.15) is 16.8 Å². The Balaban J connectivity index is 1.52. The molecule has 0 saturated carbocycles. The van der Waals surface area contributed by atoms with Crippen molar-refractivity contribution in [2.24, 2.45) is 0 Å². The van der Waals surface area contributed by atoms with Crippen molar-refractivity contribution < 1.29 is 9.59 Å². The maximum absolute atomic E-state index is 12.5. The number of rotatable bonds is 4. The summed E-state index contributed by atoms with van der Waals surface area (Å²) in [6.07, 6.45) is 0. The standard InChI is InChI=1S/C20H16Cl2N4O2S/c21-13-5-7-14(8-6-13)26-18(15-10-29-11-17(15)25-26)24-20(28)19(27)23-9-12-3-1-2-4-16(12)22/h1-8H,9-11H2,(H,23,27)(H,24,28). The van der Waals surface area contributed by atoms with Crippen LogP contribution < -0.4 is 10.6 Å². The van der Waals surface area contributed by atoms with Gasteiger partial charge >= 0.3 is 11.8 Å². The number of anilines is 1. The molecule has 0 fully saturated rings. The van der Waals surface area contributed by atoms with Gasteiger partial charge in [0.2, 0.25) is 0 Å². The summed E-state index contributed by atoms with van der Waals surface area (Å²) in [4.78, 5) is 24.9. The Bertz CT molecular complexity index is 1080. The highest BCUT2D eigenvalue weighted by Gasteiger charge is 2.26. The maximum atomic E-state index is 12.5. The van der Waals surface area contributed by atoms with Gasteiger partial charge in [-0.05, 0) is 35.9 Å². The molecular weight excluding hydrogens is 431 g/mol. The number of hydrogen-bond donors (Lipinski definition) is 2. The Labute approximate surface area is 181 Å². The predicted octanol–water partition coefficient (Wildman–Crippen LogP) is 4.18. The number of fused-ring (bicyclic) bond motifs is 1. The number of nitrogens with zero attached hydrogens (tertiary/aromatic N) is 2. The van der Waals surface area contributed by atoms with Crippen LogP contribution in [-0.4, -0.2) is 21.6 Å². The number of halogens is 2. The van der Waals surface area contributed by atoms with Gasteiger partial charge in [0, 0.05) is 33.7 Å². The molecule has 148 valence electrons. The molecule has 0 radical (unpaired) electrons. The van der Waals surface area contributed by atoms with Crippen LogP contribution in [0.3, 0.4) is 0 Å². The zero-order valence-corrected chi connectivity index (χ0v) is 17.4. The zero-order valence-electron chi connectivity index (χ0n) is 15.1. The van der Waals surface area contributed by atoms with Gasteiger partial charge in [-0.2, -0.15) is 16.9 Å². The lowest BCUT2D eigenvalue weighted by molar-refractivity contribution is -0.136. The molecule has 1 aliphatic rings. The third-order valence-electron chi connectivity index (χ3n) is 4.46. The van der Waals surface area contributed by atoms with Crippen molar-refractivity contribution in [1.82, 2.24) is 15.1 Å². The molecule has 2 N–H and O–H groups in total. The number of benzene rings is 2. The average Bonchev–Trinajstić information content (AvgIpc) is 3.30. The van der Waals surface area contributed by atoms with E-state index >= 15 is 0 Å². The monoisotopic (exact) mass is 446 g/mol. The quantitative estimate of drug-likeness (QED) is 0.589. The van der Waals surface area contributed by atoms with E-state index in [1.807, 2.05) is 18.2 Å². The van der Waals surface area contributed by atoms with Gasteiger partial charge in [0.05, 0.1) is 11.4 Å². The number of carbonyl (C=O) groups is 2. The third-order valence-corrected chi connectivity index (χ3v) is 6.05. The van der Waals surface area contributed by atoms with Crippen molar-refractivity contribution in [3.05, 3.63) is 75.4 Å². The number of nitrogens with one attached hydrogen (secondary N) is 2. The van der Waals surface area contributed by atoms with Crippen molar-refractivity contribution in [3.63, 3.8) is 0 Å². The molecule has 2 amide bonds. The van der Waals surface area contributed by atoms with Crippen molar-refractivity contribution >= 4 is 52.6 Å². The zero-order chi connectivity index (χ0) is 20.4. The van der Waals surface area contributed by atoms with Crippen LogP contribution >= 0.6 is 35.0 Å². The molecule has 2 heterocycles. The minimum absolute atomic E-state index is 0.163. The second-order valence-electron chi connectivity index (χ2n) is 6.38. The largest absolute Gasteiger partial charge is 0.344 e. The van der Waals surface area contributed by atoms with Gasteiger partial charge in [-0.15, -0.1) is 0 Å². The van der Waals surface area contributed by atoms with E-state index in [4.69, 9.17) is 23.2 Å². The van der Waals surface area contributed by atoms with Crippen LogP contribution in [-0.2, 0) is 27.6 Å². The van der Waals surface area contributed by atoms with Crippen molar-refractivity contribution in [2.45, 2.75) is 18.1 Å². The molecule has 1 aliphatic heterocycles. The minimum Gasteiger partial charge on any atom is -0.344 e. The number of aromatic nitrogens is 2. The Morgan fingerprint density at radius 1 is 1.03 bits per heavy atom. The lowest BCUT2D eigenvalue weighted by Crippen LogP contribution is -2.35. The fourth-order valence-corrected chi connectivity index (χ4v) is 4.34. The fourth-order valence-electron chi connectivity index (χ4n) is 2.97. The van der Waals surface area contributed by atoms with E-state index in [0.717, 1.165) is 34.0 Å². The van der Waals surface area contributed by atoms with Gasteiger partial charge in [0.1, 0.15) is 5.82 Å². The van der Waals surface area contributed by atoms with Gasteiger partial charge in [-0.25, -0.2) is 4.68 Å². The Kier molecular flexibility index (Phi) is 5.80. The molecule has 29 heavy (non-hydrogen) atoms. The molecule has 0 saturated heterocycles.